The number of allylic oxidation sites excluding steroid dienone is 7. The maximum atomic E-state index is 3.70. The van der Waals surface area contributed by atoms with Gasteiger partial charge in [0.05, 0.1) is 0 Å². The summed E-state index contributed by atoms with van der Waals surface area (Å²) in [7, 11) is 2.13. The minimum atomic E-state index is 0.262. The van der Waals surface area contributed by atoms with Crippen molar-refractivity contribution in [2.24, 2.45) is 5.41 Å². The van der Waals surface area contributed by atoms with Crippen LogP contribution in [0.1, 0.15) is 59.4 Å². The van der Waals surface area contributed by atoms with Crippen molar-refractivity contribution in [1.29, 1.82) is 0 Å². The highest BCUT2D eigenvalue weighted by Gasteiger charge is 2.16. The monoisotopic (exact) mass is 351 g/mol. The van der Waals surface area contributed by atoms with Crippen LogP contribution in [0.25, 0.3) is 0 Å². The minimum absolute atomic E-state index is 0.262. The summed E-state index contributed by atoms with van der Waals surface area (Å²) < 4.78 is 0. The van der Waals surface area contributed by atoms with Gasteiger partial charge in [-0.2, -0.15) is 0 Å². The third kappa shape index (κ3) is 7.07. The lowest BCUT2D eigenvalue weighted by Crippen LogP contribution is -2.14. The van der Waals surface area contributed by atoms with Gasteiger partial charge in [-0.15, -0.1) is 0 Å². The van der Waals surface area contributed by atoms with E-state index < -0.39 is 0 Å². The quantitative estimate of drug-likeness (QED) is 0.312. The van der Waals surface area contributed by atoms with E-state index in [1.54, 1.807) is 0 Å². The van der Waals surface area contributed by atoms with Crippen molar-refractivity contribution in [3.63, 3.8) is 0 Å². The number of nitrogens with zero attached hydrogens (tertiary/aromatic N) is 1. The summed E-state index contributed by atoms with van der Waals surface area (Å²) >= 11 is 0. The van der Waals surface area contributed by atoms with E-state index >= 15 is 0 Å². The zero-order chi connectivity index (χ0) is 19.6. The van der Waals surface area contributed by atoms with E-state index in [1.807, 2.05) is 12.2 Å². The van der Waals surface area contributed by atoms with E-state index in [1.165, 1.54) is 28.9 Å². The molecule has 0 N–H and O–H groups in total. The molecule has 0 aromatic heterocycles. The number of unbranched alkanes of at least 4 members (excludes halogenated alkanes) is 1. The Hall–Kier alpha value is -2.02. The topological polar surface area (TPSA) is 3.24 Å². The van der Waals surface area contributed by atoms with Gasteiger partial charge in [0.25, 0.3) is 0 Å². The van der Waals surface area contributed by atoms with Gasteiger partial charge in [-0.1, -0.05) is 69.4 Å². The summed E-state index contributed by atoms with van der Waals surface area (Å²) in [5.41, 5.74) is 5.57. The number of hydrogen-bond acceptors (Lipinski definition) is 1. The Morgan fingerprint density at radius 3 is 2.35 bits per heavy atom. The van der Waals surface area contributed by atoms with Crippen LogP contribution in [-0.4, -0.2) is 7.05 Å². The molecule has 1 nitrogen and oxygen atoms in total. The Bertz CT molecular complexity index is 641. The fourth-order valence-corrected chi connectivity index (χ4v) is 2.57. The summed E-state index contributed by atoms with van der Waals surface area (Å²) in [4.78, 5) is 2.25. The molecule has 0 aliphatic heterocycles. The van der Waals surface area contributed by atoms with Crippen molar-refractivity contribution in [2.45, 2.75) is 60.3 Å². The molecule has 0 saturated heterocycles. The fraction of sp³-hybridized carbons (Fsp3) is 0.440. The van der Waals surface area contributed by atoms with Gasteiger partial charge in [0.15, 0.2) is 0 Å². The molecule has 142 valence electrons. The SMILES string of the molecule is C=C/C=C/CCCc1ccc(N(C)/C(C)=C/C=C(\C)C(C)(C)CC)cc1. The van der Waals surface area contributed by atoms with Gasteiger partial charge in [0.2, 0.25) is 0 Å². The fourth-order valence-electron chi connectivity index (χ4n) is 2.57. The highest BCUT2D eigenvalue weighted by molar-refractivity contribution is 5.52. The maximum absolute atomic E-state index is 3.70. The molecule has 1 heteroatoms. The first-order valence-corrected chi connectivity index (χ1v) is 9.77. The van der Waals surface area contributed by atoms with Crippen LogP contribution >= 0.6 is 0 Å². The summed E-state index contributed by atoms with van der Waals surface area (Å²) in [6.45, 7) is 14.9. The average molecular weight is 352 g/mol. The molecular weight excluding hydrogens is 314 g/mol. The first-order chi connectivity index (χ1) is 12.3. The van der Waals surface area contributed by atoms with Crippen LogP contribution in [0.5, 0.6) is 0 Å². The predicted octanol–water partition coefficient (Wildman–Crippen LogP) is 7.47. The first-order valence-electron chi connectivity index (χ1n) is 9.77. The Kier molecular flexibility index (Phi) is 9.19. The lowest BCUT2D eigenvalue weighted by molar-refractivity contribution is 0.429. The van der Waals surface area contributed by atoms with Crippen molar-refractivity contribution >= 4 is 5.69 Å². The van der Waals surface area contributed by atoms with Crippen LogP contribution in [0.15, 0.2) is 72.5 Å². The number of benzene rings is 1. The molecule has 26 heavy (non-hydrogen) atoms. The van der Waals surface area contributed by atoms with Gasteiger partial charge in [-0.05, 0) is 68.7 Å². The van der Waals surface area contributed by atoms with Crippen molar-refractivity contribution in [1.82, 2.24) is 0 Å². The smallest absolute Gasteiger partial charge is 0.0405 e. The standard InChI is InChI=1S/C25H37N/c1-8-10-11-12-13-14-23-17-19-24(20-18-23)26(7)22(4)16-15-21(3)25(5,6)9-2/h8,10-11,15-20H,1,9,12-14H2,2-7H3/b11-10+,21-15+,22-16+. The van der Waals surface area contributed by atoms with Crippen LogP contribution in [0.2, 0.25) is 0 Å². The van der Waals surface area contributed by atoms with Gasteiger partial charge in [0.1, 0.15) is 0 Å². The normalized spacial score (nSPS) is 13.3. The molecule has 1 aromatic rings. The van der Waals surface area contributed by atoms with E-state index in [0.717, 1.165) is 19.3 Å². The van der Waals surface area contributed by atoms with Crippen LogP contribution in [0, 0.1) is 5.41 Å². The third-order valence-electron chi connectivity index (χ3n) is 5.49. The highest BCUT2D eigenvalue weighted by atomic mass is 15.1. The maximum Gasteiger partial charge on any atom is 0.0405 e. The Morgan fingerprint density at radius 1 is 1.12 bits per heavy atom. The molecule has 0 radical (unpaired) electrons. The van der Waals surface area contributed by atoms with Crippen molar-refractivity contribution < 1.29 is 0 Å². The minimum Gasteiger partial charge on any atom is -0.348 e. The first kappa shape index (κ1) is 22.0. The number of rotatable bonds is 10. The Labute approximate surface area is 161 Å². The molecule has 0 atom stereocenters. The second-order valence-corrected chi connectivity index (χ2v) is 7.68. The number of anilines is 1. The molecule has 0 heterocycles. The molecule has 0 amide bonds. The largest absolute Gasteiger partial charge is 0.348 e. The average Bonchev–Trinajstić information content (AvgIpc) is 2.65. The molecule has 0 unspecified atom stereocenters. The molecule has 0 spiro atoms. The Balaban J connectivity index is 2.70. The second kappa shape index (κ2) is 10.9. The Morgan fingerprint density at radius 2 is 1.77 bits per heavy atom. The van der Waals surface area contributed by atoms with E-state index in [-0.39, 0.29) is 5.41 Å². The van der Waals surface area contributed by atoms with Crippen molar-refractivity contribution in [2.75, 3.05) is 11.9 Å². The van der Waals surface area contributed by atoms with Gasteiger partial charge in [-0.25, -0.2) is 0 Å². The van der Waals surface area contributed by atoms with Gasteiger partial charge in [-0.3, -0.25) is 0 Å². The van der Waals surface area contributed by atoms with Gasteiger partial charge in [0, 0.05) is 18.4 Å². The summed E-state index contributed by atoms with van der Waals surface area (Å²) in [6, 6.07) is 8.94. The van der Waals surface area contributed by atoms with E-state index in [4.69, 9.17) is 0 Å². The van der Waals surface area contributed by atoms with Crippen LogP contribution < -0.4 is 4.90 Å². The number of aryl methyl sites for hydroxylation is 1. The lowest BCUT2D eigenvalue weighted by atomic mass is 9.82. The van der Waals surface area contributed by atoms with Crippen molar-refractivity contribution in [3.8, 4) is 0 Å². The third-order valence-corrected chi connectivity index (χ3v) is 5.49. The molecule has 0 saturated carbocycles. The lowest BCUT2D eigenvalue weighted by Gasteiger charge is -2.24. The molecule has 0 fully saturated rings. The zero-order valence-electron chi connectivity index (χ0n) is 17.7. The van der Waals surface area contributed by atoms with E-state index in [9.17, 15) is 0 Å². The van der Waals surface area contributed by atoms with E-state index in [2.05, 4.69) is 95.6 Å². The second-order valence-electron chi connectivity index (χ2n) is 7.68. The van der Waals surface area contributed by atoms with Crippen LogP contribution in [-0.2, 0) is 6.42 Å². The molecule has 1 aromatic carbocycles. The highest BCUT2D eigenvalue weighted by Crippen LogP contribution is 2.29. The van der Waals surface area contributed by atoms with Crippen molar-refractivity contribution in [3.05, 3.63) is 78.1 Å². The molecular formula is C25H37N. The molecule has 0 bridgehead atoms. The summed E-state index contributed by atoms with van der Waals surface area (Å²) in [6.07, 6.45) is 15.1. The molecule has 1 rings (SSSR count). The summed E-state index contributed by atoms with van der Waals surface area (Å²) in [5.74, 6) is 0. The van der Waals surface area contributed by atoms with Gasteiger partial charge < -0.3 is 4.90 Å². The predicted molar refractivity (Wildman–Crippen MR) is 119 cm³/mol. The molecule has 0 aliphatic rings. The number of hydrogen-bond donors (Lipinski definition) is 0. The van der Waals surface area contributed by atoms with Crippen LogP contribution in [0.4, 0.5) is 5.69 Å². The van der Waals surface area contributed by atoms with Crippen LogP contribution in [0.3, 0.4) is 0 Å². The van der Waals surface area contributed by atoms with Gasteiger partial charge >= 0.3 is 0 Å². The molecule has 0 aliphatic carbocycles. The zero-order valence-corrected chi connectivity index (χ0v) is 17.7. The van der Waals surface area contributed by atoms with E-state index in [0.29, 0.717) is 0 Å². The summed E-state index contributed by atoms with van der Waals surface area (Å²) in [5, 5.41) is 0.